The van der Waals surface area contributed by atoms with Crippen molar-refractivity contribution in [3.05, 3.63) is 46.5 Å². The third kappa shape index (κ3) is 5.18. The summed E-state index contributed by atoms with van der Waals surface area (Å²) in [6.07, 6.45) is -0.486. The van der Waals surface area contributed by atoms with E-state index in [0.717, 1.165) is 36.6 Å². The lowest BCUT2D eigenvalue weighted by molar-refractivity contribution is -0.132. The van der Waals surface area contributed by atoms with E-state index in [2.05, 4.69) is 5.10 Å². The first kappa shape index (κ1) is 25.6. The maximum Gasteiger partial charge on any atom is 0.274 e. The van der Waals surface area contributed by atoms with E-state index in [1.807, 2.05) is 18.7 Å². The third-order valence-electron chi connectivity index (χ3n) is 7.41. The Hall–Kier alpha value is -3.08. The number of benzene rings is 1. The first-order chi connectivity index (χ1) is 17.7. The van der Waals surface area contributed by atoms with E-state index in [9.17, 15) is 22.8 Å². The molecule has 1 aromatic heterocycles. The van der Waals surface area contributed by atoms with Crippen LogP contribution in [-0.4, -0.2) is 82.9 Å². The van der Waals surface area contributed by atoms with Crippen molar-refractivity contribution in [3.63, 3.8) is 0 Å². The molecule has 2 amide bonds. The molecular formula is C26H32F3N5O3. The van der Waals surface area contributed by atoms with Crippen molar-refractivity contribution in [1.82, 2.24) is 19.6 Å². The van der Waals surface area contributed by atoms with E-state index in [1.165, 1.54) is 12.1 Å². The van der Waals surface area contributed by atoms with E-state index in [0.29, 0.717) is 50.6 Å². The van der Waals surface area contributed by atoms with Crippen molar-refractivity contribution in [2.24, 2.45) is 0 Å². The van der Waals surface area contributed by atoms with Crippen LogP contribution in [0.5, 0.6) is 0 Å². The van der Waals surface area contributed by atoms with Gasteiger partial charge >= 0.3 is 0 Å². The second-order valence-electron chi connectivity index (χ2n) is 10.1. The molecule has 0 bridgehead atoms. The molecule has 0 radical (unpaired) electrons. The normalized spacial score (nSPS) is 22.1. The molecule has 1 aliphatic carbocycles. The van der Waals surface area contributed by atoms with Gasteiger partial charge in [-0.1, -0.05) is 0 Å². The third-order valence-corrected chi connectivity index (χ3v) is 7.41. The number of halogens is 3. The van der Waals surface area contributed by atoms with Crippen LogP contribution in [0.25, 0.3) is 0 Å². The van der Waals surface area contributed by atoms with Gasteiger partial charge in [-0.2, -0.15) is 5.10 Å². The summed E-state index contributed by atoms with van der Waals surface area (Å²) in [5, 5.41) is 4.61. The SMILES string of the molecule is C[C@@H]1CN(C(=O)c2nn(CC(=O)N3CCN(c4ccc(F)c(C(F)F)c4)CC3)c3c2CCC3)C[C@H](C)O1. The van der Waals surface area contributed by atoms with Crippen LogP contribution in [-0.2, 0) is 28.9 Å². The lowest BCUT2D eigenvalue weighted by Crippen LogP contribution is -2.49. The highest BCUT2D eigenvalue weighted by atomic mass is 19.3. The number of piperazine rings is 1. The standard InChI is InChI=1S/C26H32F3N5O3/c1-16-13-33(14-17(2)37-16)26(36)24-19-4-3-5-22(19)34(30-24)15-23(35)32-10-8-31(9-11-32)18-6-7-21(27)20(12-18)25(28)29/h6-7,12,16-17,25H,3-5,8-11,13-15H2,1-2H3/t16-,17+. The van der Waals surface area contributed by atoms with Gasteiger partial charge in [-0.3, -0.25) is 14.3 Å². The quantitative estimate of drug-likeness (QED) is 0.608. The monoisotopic (exact) mass is 519 g/mol. The van der Waals surface area contributed by atoms with Gasteiger partial charge in [-0.05, 0) is 51.3 Å². The molecule has 200 valence electrons. The number of fused-ring (bicyclic) bond motifs is 1. The number of aromatic nitrogens is 2. The number of morpholine rings is 1. The van der Waals surface area contributed by atoms with Crippen molar-refractivity contribution < 1.29 is 27.5 Å². The van der Waals surface area contributed by atoms with Crippen LogP contribution < -0.4 is 4.90 Å². The maximum atomic E-state index is 13.7. The summed E-state index contributed by atoms with van der Waals surface area (Å²) in [5.41, 5.74) is 2.24. The fourth-order valence-corrected chi connectivity index (χ4v) is 5.64. The van der Waals surface area contributed by atoms with Gasteiger partial charge in [0.1, 0.15) is 12.4 Å². The van der Waals surface area contributed by atoms with E-state index in [1.54, 1.807) is 14.5 Å². The summed E-state index contributed by atoms with van der Waals surface area (Å²) in [7, 11) is 0. The number of hydrogen-bond donors (Lipinski definition) is 0. The summed E-state index contributed by atoms with van der Waals surface area (Å²) in [6, 6.07) is 3.73. The largest absolute Gasteiger partial charge is 0.372 e. The summed E-state index contributed by atoms with van der Waals surface area (Å²) >= 11 is 0. The highest BCUT2D eigenvalue weighted by molar-refractivity contribution is 5.94. The average Bonchev–Trinajstić information content (AvgIpc) is 3.47. The second-order valence-corrected chi connectivity index (χ2v) is 10.1. The van der Waals surface area contributed by atoms with Gasteiger partial charge in [0.2, 0.25) is 5.91 Å². The molecule has 0 spiro atoms. The van der Waals surface area contributed by atoms with Gasteiger partial charge in [-0.15, -0.1) is 0 Å². The molecule has 2 saturated heterocycles. The van der Waals surface area contributed by atoms with Gasteiger partial charge in [0.25, 0.3) is 12.3 Å². The number of hydrogen-bond acceptors (Lipinski definition) is 5. The highest BCUT2D eigenvalue weighted by Crippen LogP contribution is 2.29. The Balaban J connectivity index is 1.24. The van der Waals surface area contributed by atoms with Crippen molar-refractivity contribution in [1.29, 1.82) is 0 Å². The molecule has 2 aliphatic heterocycles. The number of amides is 2. The average molecular weight is 520 g/mol. The highest BCUT2D eigenvalue weighted by Gasteiger charge is 2.33. The molecule has 2 aromatic rings. The number of nitrogens with zero attached hydrogens (tertiary/aromatic N) is 5. The Labute approximate surface area is 213 Å². The van der Waals surface area contributed by atoms with Gasteiger partial charge in [0.05, 0.1) is 17.8 Å². The zero-order valence-electron chi connectivity index (χ0n) is 21.1. The minimum atomic E-state index is -2.88. The summed E-state index contributed by atoms with van der Waals surface area (Å²) in [6.45, 7) is 6.72. The number of anilines is 1. The van der Waals surface area contributed by atoms with Crippen LogP contribution in [0.2, 0.25) is 0 Å². The summed E-state index contributed by atoms with van der Waals surface area (Å²) in [4.78, 5) is 31.9. The van der Waals surface area contributed by atoms with Crippen LogP contribution in [0.1, 0.15) is 54.0 Å². The second kappa shape index (κ2) is 10.4. The van der Waals surface area contributed by atoms with Gasteiger partial charge in [-0.25, -0.2) is 13.2 Å². The Morgan fingerprint density at radius 3 is 2.43 bits per heavy atom. The molecule has 2 atom stereocenters. The predicted molar refractivity (Wildman–Crippen MR) is 130 cm³/mol. The lowest BCUT2D eigenvalue weighted by atomic mass is 10.1. The van der Waals surface area contributed by atoms with Crippen molar-refractivity contribution >= 4 is 17.5 Å². The van der Waals surface area contributed by atoms with E-state index in [4.69, 9.17) is 4.74 Å². The van der Waals surface area contributed by atoms with Gasteiger partial charge < -0.3 is 19.4 Å². The van der Waals surface area contributed by atoms with Gasteiger partial charge in [0, 0.05) is 56.2 Å². The fraction of sp³-hybridized carbons (Fsp3) is 0.577. The molecule has 11 heteroatoms. The Kier molecular flexibility index (Phi) is 7.15. The molecule has 5 rings (SSSR count). The Bertz CT molecular complexity index is 1170. The summed E-state index contributed by atoms with van der Waals surface area (Å²) in [5.74, 6) is -1.13. The number of rotatable bonds is 5. The van der Waals surface area contributed by atoms with Crippen LogP contribution in [0, 0.1) is 5.82 Å². The number of carbonyl (C=O) groups is 2. The molecule has 2 fully saturated rings. The van der Waals surface area contributed by atoms with E-state index >= 15 is 0 Å². The van der Waals surface area contributed by atoms with Crippen LogP contribution >= 0.6 is 0 Å². The predicted octanol–water partition coefficient (Wildman–Crippen LogP) is 3.05. The molecule has 0 N–H and O–H groups in total. The van der Waals surface area contributed by atoms with Gasteiger partial charge in [0.15, 0.2) is 5.69 Å². The molecule has 3 heterocycles. The molecule has 8 nitrogen and oxygen atoms in total. The molecule has 0 unspecified atom stereocenters. The van der Waals surface area contributed by atoms with Crippen molar-refractivity contribution in [2.45, 2.75) is 58.3 Å². The minimum Gasteiger partial charge on any atom is -0.372 e. The van der Waals surface area contributed by atoms with Crippen LogP contribution in [0.3, 0.4) is 0 Å². The lowest BCUT2D eigenvalue weighted by Gasteiger charge is -2.36. The molecule has 3 aliphatic rings. The van der Waals surface area contributed by atoms with Crippen LogP contribution in [0.15, 0.2) is 18.2 Å². The first-order valence-electron chi connectivity index (χ1n) is 12.8. The zero-order valence-corrected chi connectivity index (χ0v) is 21.1. The molecule has 37 heavy (non-hydrogen) atoms. The van der Waals surface area contributed by atoms with E-state index < -0.39 is 17.8 Å². The van der Waals surface area contributed by atoms with Crippen molar-refractivity contribution in [3.8, 4) is 0 Å². The van der Waals surface area contributed by atoms with Crippen LogP contribution in [0.4, 0.5) is 18.9 Å². The minimum absolute atomic E-state index is 0.0417. The first-order valence-corrected chi connectivity index (χ1v) is 12.8. The zero-order chi connectivity index (χ0) is 26.3. The Morgan fingerprint density at radius 1 is 1.05 bits per heavy atom. The fourth-order valence-electron chi connectivity index (χ4n) is 5.64. The smallest absolute Gasteiger partial charge is 0.274 e. The molecule has 1 aromatic carbocycles. The van der Waals surface area contributed by atoms with E-state index in [-0.39, 0.29) is 30.6 Å². The Morgan fingerprint density at radius 2 is 1.76 bits per heavy atom. The summed E-state index contributed by atoms with van der Waals surface area (Å²) < 4.78 is 47.3. The number of alkyl halides is 2. The molecular weight excluding hydrogens is 487 g/mol. The van der Waals surface area contributed by atoms with Crippen molar-refractivity contribution in [2.75, 3.05) is 44.2 Å². The topological polar surface area (TPSA) is 70.9 Å². The number of carbonyl (C=O) groups excluding carboxylic acids is 2. The number of ether oxygens (including phenoxy) is 1. The molecule has 0 saturated carbocycles. The maximum absolute atomic E-state index is 13.7.